The van der Waals surface area contributed by atoms with Crippen molar-refractivity contribution < 1.29 is 71.1 Å². The first-order chi connectivity index (χ1) is 14.5. The fourth-order valence-corrected chi connectivity index (χ4v) is 2.21. The van der Waals surface area contributed by atoms with Crippen LogP contribution in [-0.4, -0.2) is 89.1 Å². The van der Waals surface area contributed by atoms with Gasteiger partial charge in [-0.2, -0.15) is 66.5 Å². The van der Waals surface area contributed by atoms with Crippen LogP contribution in [0.3, 0.4) is 0 Å². The first kappa shape index (κ1) is 28.6. The van der Waals surface area contributed by atoms with Gasteiger partial charge in [-0.1, -0.05) is 0 Å². The number of carbonyl (C=O) groups is 2. The number of piperazine rings is 1. The largest absolute Gasteiger partial charge is 0.460 e. The topological polar surface area (TPSA) is 73.3 Å². The van der Waals surface area contributed by atoms with E-state index in [9.17, 15) is 76.0 Å². The molecule has 1 fully saturated rings. The third-order valence-corrected chi connectivity index (χ3v) is 4.05. The van der Waals surface area contributed by atoms with Gasteiger partial charge >= 0.3 is 47.9 Å². The summed E-state index contributed by atoms with van der Waals surface area (Å²) in [6.07, 6.45) is -14.5. The predicted octanol–water partition coefficient (Wildman–Crippen LogP) is 3.22. The Kier molecular flexibility index (Phi) is 7.25. The molecule has 0 bridgehead atoms. The molecule has 0 spiro atoms. The highest BCUT2D eigenvalue weighted by atomic mass is 19.4. The van der Waals surface area contributed by atoms with Crippen molar-refractivity contribution in [3.05, 3.63) is 4.91 Å². The number of hydrogen-bond acceptors (Lipinski definition) is 5. The highest BCUT2D eigenvalue weighted by molar-refractivity contribution is 6.02. The molecule has 0 radical (unpaired) electrons. The van der Waals surface area contributed by atoms with Gasteiger partial charge in [-0.05, 0) is 0 Å². The Morgan fingerprint density at radius 2 is 0.909 bits per heavy atom. The SMILES string of the molecule is O=NN1CCN(N(C(=O)C(F)(F)C(F)(F)C(F)(F)F)C(=O)C(F)(F)C(F)(F)C(F)(F)F)CC1. The minimum Gasteiger partial charge on any atom is -0.266 e. The normalized spacial score (nSPS) is 17.7. The van der Waals surface area contributed by atoms with Crippen LogP contribution in [0.15, 0.2) is 5.29 Å². The summed E-state index contributed by atoms with van der Waals surface area (Å²) < 4.78 is 181. The molecule has 1 aliphatic rings. The van der Waals surface area contributed by atoms with E-state index in [0.717, 1.165) is 0 Å². The summed E-state index contributed by atoms with van der Waals surface area (Å²) in [5, 5.41) is 0.0425. The van der Waals surface area contributed by atoms with Gasteiger partial charge in [-0.25, -0.2) is 5.01 Å². The lowest BCUT2D eigenvalue weighted by molar-refractivity contribution is -0.353. The van der Waals surface area contributed by atoms with Crippen LogP contribution in [-0.2, 0) is 9.59 Å². The second-order valence-electron chi connectivity index (χ2n) is 6.20. The van der Waals surface area contributed by atoms with Gasteiger partial charge in [0, 0.05) is 13.1 Å². The van der Waals surface area contributed by atoms with Crippen LogP contribution in [0.25, 0.3) is 0 Å². The van der Waals surface area contributed by atoms with Crippen LogP contribution in [0.4, 0.5) is 61.5 Å². The van der Waals surface area contributed by atoms with E-state index in [1.807, 2.05) is 0 Å². The molecule has 1 rings (SSSR count). The van der Waals surface area contributed by atoms with Crippen LogP contribution in [0.5, 0.6) is 0 Å². The van der Waals surface area contributed by atoms with Gasteiger partial charge in [0.15, 0.2) is 0 Å². The van der Waals surface area contributed by atoms with Crippen molar-refractivity contribution >= 4 is 11.8 Å². The Balaban J connectivity index is 3.61. The molecule has 1 saturated heterocycles. The Labute approximate surface area is 171 Å². The van der Waals surface area contributed by atoms with Gasteiger partial charge in [0.05, 0.1) is 18.4 Å². The van der Waals surface area contributed by atoms with Gasteiger partial charge in [-0.15, -0.1) is 4.91 Å². The van der Waals surface area contributed by atoms with Crippen molar-refractivity contribution in [2.45, 2.75) is 36.0 Å². The summed E-state index contributed by atoms with van der Waals surface area (Å²) in [7, 11) is 0. The number of alkyl halides is 14. The number of amides is 2. The van der Waals surface area contributed by atoms with E-state index in [1.165, 1.54) is 0 Å². The summed E-state index contributed by atoms with van der Waals surface area (Å²) in [5.41, 5.74) is 0. The lowest BCUT2D eigenvalue weighted by Crippen LogP contribution is -2.70. The summed E-state index contributed by atoms with van der Waals surface area (Å²) in [5.74, 6) is -37.4. The van der Waals surface area contributed by atoms with Gasteiger partial charge in [0.1, 0.15) is 0 Å². The van der Waals surface area contributed by atoms with E-state index in [1.54, 1.807) is 0 Å². The van der Waals surface area contributed by atoms with E-state index >= 15 is 0 Å². The van der Waals surface area contributed by atoms with E-state index in [4.69, 9.17) is 0 Å². The average Bonchev–Trinajstić information content (AvgIpc) is 2.66. The maximum Gasteiger partial charge on any atom is 0.460 e. The minimum atomic E-state index is -7.39. The smallest absolute Gasteiger partial charge is 0.266 e. The third kappa shape index (κ3) is 4.63. The molecule has 1 aliphatic heterocycles. The molecule has 0 aliphatic carbocycles. The van der Waals surface area contributed by atoms with E-state index in [0.29, 0.717) is 5.01 Å². The first-order valence-corrected chi connectivity index (χ1v) is 7.85. The quantitative estimate of drug-likeness (QED) is 0.396. The number of imide groups is 1. The molecular weight excluding hydrogens is 514 g/mol. The summed E-state index contributed by atoms with van der Waals surface area (Å²) >= 11 is 0. The maximum atomic E-state index is 13.7. The molecule has 7 nitrogen and oxygen atoms in total. The predicted molar refractivity (Wildman–Crippen MR) is 72.7 cm³/mol. The number of nitrogens with zero attached hydrogens (tertiary/aromatic N) is 4. The second-order valence-corrected chi connectivity index (χ2v) is 6.20. The van der Waals surface area contributed by atoms with Gasteiger partial charge in [-0.3, -0.25) is 14.6 Å². The molecule has 0 aromatic carbocycles. The van der Waals surface area contributed by atoms with Gasteiger partial charge in [0.2, 0.25) is 0 Å². The van der Waals surface area contributed by atoms with Crippen LogP contribution < -0.4 is 0 Å². The zero-order chi connectivity index (χ0) is 26.4. The second kappa shape index (κ2) is 8.38. The van der Waals surface area contributed by atoms with Crippen LogP contribution in [0, 0.1) is 4.91 Å². The van der Waals surface area contributed by atoms with Crippen LogP contribution in [0.1, 0.15) is 0 Å². The average molecular weight is 522 g/mol. The molecule has 2 amide bonds. The fraction of sp³-hybridized carbons (Fsp3) is 0.833. The molecule has 0 N–H and O–H groups in total. The van der Waals surface area contributed by atoms with E-state index in [-0.39, 0.29) is 0 Å². The highest BCUT2D eigenvalue weighted by Crippen LogP contribution is 2.50. The van der Waals surface area contributed by atoms with Crippen molar-refractivity contribution in [1.29, 1.82) is 0 Å². The molecule has 0 saturated carbocycles. The van der Waals surface area contributed by atoms with Crippen molar-refractivity contribution in [3.63, 3.8) is 0 Å². The Hall–Kier alpha value is -2.48. The Bertz CT molecular complexity index is 722. The highest BCUT2D eigenvalue weighted by Gasteiger charge is 2.81. The molecule has 33 heavy (non-hydrogen) atoms. The fourth-order valence-electron chi connectivity index (χ4n) is 2.21. The number of hydrazine groups is 1. The summed E-state index contributed by atoms with van der Waals surface area (Å²) in [6, 6.07) is 0. The maximum absolute atomic E-state index is 13.7. The number of rotatable bonds is 6. The molecule has 0 aromatic rings. The van der Waals surface area contributed by atoms with Gasteiger partial charge < -0.3 is 0 Å². The van der Waals surface area contributed by atoms with E-state index in [2.05, 4.69) is 5.29 Å². The Morgan fingerprint density at radius 1 is 0.606 bits per heavy atom. The van der Waals surface area contributed by atoms with Crippen molar-refractivity contribution in [2.24, 2.45) is 5.29 Å². The standard InChI is InChI=1S/C12H8F14N4O3/c13-7(14,9(17,18)11(21,22)23)5(31)30(29-3-1-28(27-33)2-4-29)6(32)8(15,16)10(19,20)12(24,25)26/h1-4H2. The zero-order valence-corrected chi connectivity index (χ0v) is 15.1. The van der Waals surface area contributed by atoms with Crippen molar-refractivity contribution in [1.82, 2.24) is 15.0 Å². The molecule has 21 heteroatoms. The van der Waals surface area contributed by atoms with E-state index < -0.39 is 84.1 Å². The lowest BCUT2D eigenvalue weighted by Gasteiger charge is -2.41. The third-order valence-electron chi connectivity index (χ3n) is 4.05. The first-order valence-electron chi connectivity index (χ1n) is 7.85. The van der Waals surface area contributed by atoms with Gasteiger partial charge in [0.25, 0.3) is 0 Å². The zero-order valence-electron chi connectivity index (χ0n) is 15.1. The minimum absolute atomic E-state index is 0.411. The summed E-state index contributed by atoms with van der Waals surface area (Å²) in [6.45, 7) is -4.51. The molecular formula is C12H8F14N4O3. The molecule has 0 aromatic heterocycles. The van der Waals surface area contributed by atoms with Crippen LogP contribution in [0.2, 0.25) is 0 Å². The molecule has 192 valence electrons. The molecule has 1 heterocycles. The van der Waals surface area contributed by atoms with Crippen LogP contribution >= 0.6 is 0 Å². The molecule has 0 atom stereocenters. The number of halogens is 14. The number of nitroso groups, excluding NO2 is 1. The summed E-state index contributed by atoms with van der Waals surface area (Å²) in [4.78, 5) is 33.8. The van der Waals surface area contributed by atoms with Crippen molar-refractivity contribution in [3.8, 4) is 0 Å². The van der Waals surface area contributed by atoms with Crippen molar-refractivity contribution in [2.75, 3.05) is 26.2 Å². The lowest BCUT2D eigenvalue weighted by atomic mass is 10.1. The number of hydrogen-bond donors (Lipinski definition) is 0. The monoisotopic (exact) mass is 522 g/mol. The number of carbonyl (C=O) groups excluding carboxylic acids is 2. The molecule has 0 unspecified atom stereocenters. The Morgan fingerprint density at radius 3 is 1.15 bits per heavy atom.